The zero-order valence-electron chi connectivity index (χ0n) is 18.8. The van der Waals surface area contributed by atoms with Crippen LogP contribution in [0, 0.1) is 40.1 Å². The van der Waals surface area contributed by atoms with Crippen molar-refractivity contribution in [1.29, 1.82) is 5.26 Å². The van der Waals surface area contributed by atoms with Crippen LogP contribution in [0.4, 0.5) is 0 Å². The van der Waals surface area contributed by atoms with Crippen molar-refractivity contribution in [2.45, 2.75) is 83.0 Å². The summed E-state index contributed by atoms with van der Waals surface area (Å²) in [6.07, 6.45) is 11.0. The van der Waals surface area contributed by atoms with Gasteiger partial charge in [-0.3, -0.25) is 4.79 Å². The van der Waals surface area contributed by atoms with Crippen molar-refractivity contribution in [3.63, 3.8) is 0 Å². The van der Waals surface area contributed by atoms with E-state index in [0.717, 1.165) is 25.7 Å². The lowest BCUT2D eigenvalue weighted by molar-refractivity contribution is -0.116. The number of halogens is 1. The third kappa shape index (κ3) is 2.83. The summed E-state index contributed by atoms with van der Waals surface area (Å²) in [5.41, 5.74) is 1.39. The molecule has 2 saturated carbocycles. The summed E-state index contributed by atoms with van der Waals surface area (Å²) in [6, 6.07) is 0. The number of nitrogens with zero attached hydrogens (tertiary/aromatic N) is 1. The summed E-state index contributed by atoms with van der Waals surface area (Å²) >= 11 is 6.93. The quantitative estimate of drug-likeness (QED) is 0.277. The molecular formula is C24H34ClNO3Si. The Morgan fingerprint density at radius 1 is 1.33 bits per heavy atom. The number of carbonyl (C=O) groups excluding carboxylic acids is 1. The Kier molecular flexibility index (Phi) is 5.12. The molecule has 4 nitrogen and oxygen atoms in total. The molecule has 4 rings (SSSR count). The lowest BCUT2D eigenvalue weighted by Crippen LogP contribution is -2.62. The molecule has 0 saturated heterocycles. The second-order valence-corrected chi connectivity index (χ2v) is 15.9. The van der Waals surface area contributed by atoms with E-state index in [2.05, 4.69) is 26.8 Å². The number of fused-ring (bicyclic) bond motifs is 5. The topological polar surface area (TPSA) is 70.3 Å². The van der Waals surface area contributed by atoms with Gasteiger partial charge in [-0.2, -0.15) is 5.26 Å². The molecule has 0 spiro atoms. The molecule has 4 aliphatic rings. The lowest BCUT2D eigenvalue weighted by atomic mass is 9.49. The number of hydrogen-bond acceptors (Lipinski definition) is 4. The molecule has 2 unspecified atom stereocenters. The third-order valence-electron chi connectivity index (χ3n) is 9.21. The van der Waals surface area contributed by atoms with Gasteiger partial charge in [-0.15, -0.1) is 11.6 Å². The molecule has 0 aromatic rings. The molecule has 1 N–H and O–H groups in total. The normalized spacial score (nSPS) is 44.1. The van der Waals surface area contributed by atoms with Gasteiger partial charge in [0.15, 0.2) is 5.78 Å². The van der Waals surface area contributed by atoms with Gasteiger partial charge in [0.1, 0.15) is 0 Å². The van der Waals surface area contributed by atoms with Gasteiger partial charge in [0.25, 0.3) is 14.6 Å². The van der Waals surface area contributed by atoms with Crippen LogP contribution in [0.3, 0.4) is 0 Å². The van der Waals surface area contributed by atoms with Crippen LogP contribution in [0.1, 0.15) is 59.3 Å². The van der Waals surface area contributed by atoms with E-state index < -0.39 is 18.9 Å². The number of carbonyl (C=O) groups is 1. The summed E-state index contributed by atoms with van der Waals surface area (Å²) in [6.45, 7) is 10.6. The van der Waals surface area contributed by atoms with E-state index in [-0.39, 0.29) is 16.6 Å². The average molecular weight is 448 g/mol. The molecule has 6 heteroatoms. The molecule has 7 atom stereocenters. The van der Waals surface area contributed by atoms with Gasteiger partial charge < -0.3 is 9.53 Å². The van der Waals surface area contributed by atoms with Crippen molar-refractivity contribution in [3.8, 4) is 6.26 Å². The molecule has 164 valence electrons. The summed E-state index contributed by atoms with van der Waals surface area (Å²) in [5, 5.41) is 20.5. The van der Waals surface area contributed by atoms with Crippen LogP contribution < -0.4 is 0 Å². The second-order valence-electron chi connectivity index (χ2n) is 11.2. The Morgan fingerprint density at radius 2 is 2.03 bits per heavy atom. The summed E-state index contributed by atoms with van der Waals surface area (Å²) in [7, 11) is -2.59. The Labute approximate surface area is 186 Å². The number of rotatable bonds is 3. The minimum Gasteiger partial charge on any atom is -0.481 e. The van der Waals surface area contributed by atoms with E-state index in [1.54, 1.807) is 0 Å². The highest BCUT2D eigenvalue weighted by Gasteiger charge is 2.67. The molecule has 0 aliphatic heterocycles. The first kappa shape index (κ1) is 22.1. The fraction of sp³-hybridized carbons (Fsp3) is 0.750. The number of nitriles is 1. The minimum atomic E-state index is -2.59. The van der Waals surface area contributed by atoms with E-state index in [4.69, 9.17) is 21.3 Å². The van der Waals surface area contributed by atoms with E-state index >= 15 is 0 Å². The smallest absolute Gasteiger partial charge is 0.282 e. The maximum absolute atomic E-state index is 12.1. The molecule has 0 aromatic carbocycles. The molecule has 4 aliphatic carbocycles. The van der Waals surface area contributed by atoms with Gasteiger partial charge in [-0.25, -0.2) is 0 Å². The number of hydrogen-bond donors (Lipinski definition) is 1. The first-order valence-electron chi connectivity index (χ1n) is 11.3. The SMILES string of the molecule is C[C@H]1CC2C(=CC[C@@]3(C)C2CC[C@]3(O)[C@H](Cl)[Si](C)(C)OC#N)[C@@]2(C)CCC(=O)C=C12. The highest BCUT2D eigenvalue weighted by molar-refractivity contribution is 6.80. The van der Waals surface area contributed by atoms with Gasteiger partial charge in [0.05, 0.1) is 10.6 Å². The van der Waals surface area contributed by atoms with Crippen molar-refractivity contribution in [2.24, 2.45) is 28.6 Å². The highest BCUT2D eigenvalue weighted by Crippen LogP contribution is 2.67. The van der Waals surface area contributed by atoms with E-state index in [0.29, 0.717) is 30.6 Å². The Morgan fingerprint density at radius 3 is 2.70 bits per heavy atom. The minimum absolute atomic E-state index is 0.0312. The fourth-order valence-electron chi connectivity index (χ4n) is 7.48. The van der Waals surface area contributed by atoms with Gasteiger partial charge in [-0.1, -0.05) is 38.0 Å². The largest absolute Gasteiger partial charge is 0.481 e. The van der Waals surface area contributed by atoms with Crippen molar-refractivity contribution in [2.75, 3.05) is 0 Å². The van der Waals surface area contributed by atoms with E-state index in [1.165, 1.54) is 11.1 Å². The molecule has 0 radical (unpaired) electrons. The zero-order chi connectivity index (χ0) is 22.1. The van der Waals surface area contributed by atoms with Crippen molar-refractivity contribution >= 4 is 25.7 Å². The number of allylic oxidation sites excluding steroid dienone is 4. The van der Waals surface area contributed by atoms with Crippen LogP contribution in [-0.2, 0) is 9.22 Å². The monoisotopic (exact) mass is 447 g/mol. The van der Waals surface area contributed by atoms with Gasteiger partial charge in [-0.05, 0) is 69.0 Å². The molecule has 0 amide bonds. The molecule has 2 fully saturated rings. The molecular weight excluding hydrogens is 414 g/mol. The van der Waals surface area contributed by atoms with Gasteiger partial charge >= 0.3 is 0 Å². The van der Waals surface area contributed by atoms with Crippen LogP contribution in [0.15, 0.2) is 23.3 Å². The first-order valence-corrected chi connectivity index (χ1v) is 14.7. The van der Waals surface area contributed by atoms with E-state index in [9.17, 15) is 9.90 Å². The van der Waals surface area contributed by atoms with Crippen LogP contribution in [-0.4, -0.2) is 29.8 Å². The zero-order valence-corrected chi connectivity index (χ0v) is 20.6. The number of alkyl halides is 1. The Bertz CT molecular complexity index is 876. The molecule has 0 aromatic heterocycles. The fourth-order valence-corrected chi connectivity index (χ4v) is 9.93. The van der Waals surface area contributed by atoms with E-state index in [1.807, 2.05) is 25.4 Å². The summed E-state index contributed by atoms with van der Waals surface area (Å²) < 4.78 is 5.41. The van der Waals surface area contributed by atoms with Crippen LogP contribution in [0.25, 0.3) is 0 Å². The van der Waals surface area contributed by atoms with Crippen molar-refractivity contribution in [3.05, 3.63) is 23.3 Å². The Hall–Kier alpha value is -1.09. The molecule has 0 bridgehead atoms. The number of ketones is 1. The average Bonchev–Trinajstić information content (AvgIpc) is 2.95. The standard InChI is InChI=1S/C24H34ClNO3Si/c1-15-12-17-18(22(2)9-6-16(27)13-20(15)22)7-10-23(3)19(17)8-11-24(23,28)21(25)30(4,5)29-14-26/h7,13,15,17,19,21,28H,6,8-12H2,1-5H3/t15-,17?,19?,21+,22+,23-,24-/m0/s1. The van der Waals surface area contributed by atoms with Gasteiger partial charge in [0, 0.05) is 17.3 Å². The van der Waals surface area contributed by atoms with Crippen molar-refractivity contribution < 1.29 is 14.3 Å². The predicted octanol–water partition coefficient (Wildman–Crippen LogP) is 5.26. The molecule has 30 heavy (non-hydrogen) atoms. The highest BCUT2D eigenvalue weighted by atomic mass is 35.5. The summed E-state index contributed by atoms with van der Waals surface area (Å²) in [4.78, 5) is 12.1. The lowest BCUT2D eigenvalue weighted by Gasteiger charge is -2.57. The number of aliphatic hydroxyl groups is 1. The first-order chi connectivity index (χ1) is 13.9. The van der Waals surface area contributed by atoms with Crippen LogP contribution >= 0.6 is 11.6 Å². The third-order valence-corrected chi connectivity index (χ3v) is 13.5. The predicted molar refractivity (Wildman–Crippen MR) is 120 cm³/mol. The van der Waals surface area contributed by atoms with Crippen LogP contribution in [0.5, 0.6) is 0 Å². The molecule has 0 heterocycles. The van der Waals surface area contributed by atoms with Gasteiger partial charge in [0.2, 0.25) is 0 Å². The second kappa shape index (κ2) is 6.95. The maximum Gasteiger partial charge on any atom is 0.282 e. The maximum atomic E-state index is 12.1. The van der Waals surface area contributed by atoms with Crippen LogP contribution in [0.2, 0.25) is 13.1 Å². The summed E-state index contributed by atoms with van der Waals surface area (Å²) in [5.74, 6) is 1.40. The Balaban J connectivity index is 1.74. The van der Waals surface area contributed by atoms with Crippen molar-refractivity contribution in [1.82, 2.24) is 0 Å².